The number of aryl methyl sites for hydroxylation is 1. The number of hydrazone groups is 2. The highest BCUT2D eigenvalue weighted by Gasteiger charge is 2.52. The summed E-state index contributed by atoms with van der Waals surface area (Å²) >= 11 is 7.80. The molecule has 7 heteroatoms. The average Bonchev–Trinajstić information content (AvgIpc) is 3.25. The smallest absolute Gasteiger partial charge is 0.208 e. The number of hydrogen-bond donors (Lipinski definition) is 0. The van der Waals surface area contributed by atoms with E-state index in [9.17, 15) is 4.79 Å². The third kappa shape index (κ3) is 4.12. The van der Waals surface area contributed by atoms with Crippen LogP contribution >= 0.6 is 23.4 Å². The second kappa shape index (κ2) is 9.28. The largest absolute Gasteiger partial charge is 0.292 e. The van der Waals surface area contributed by atoms with Crippen LogP contribution in [0.2, 0.25) is 5.02 Å². The van der Waals surface area contributed by atoms with E-state index in [4.69, 9.17) is 21.8 Å². The number of thioether (sulfide) groups is 1. The molecule has 2 aliphatic rings. The fourth-order valence-corrected chi connectivity index (χ4v) is 5.72. The molecule has 1 spiro atoms. The maximum atomic E-state index is 12.4. The first-order valence-corrected chi connectivity index (χ1v) is 12.6. The van der Waals surface area contributed by atoms with Gasteiger partial charge in [0, 0.05) is 18.4 Å². The number of ketones is 1. The molecule has 3 aromatic rings. The van der Waals surface area contributed by atoms with Gasteiger partial charge in [-0.2, -0.15) is 10.2 Å². The Labute approximate surface area is 209 Å². The van der Waals surface area contributed by atoms with Crippen molar-refractivity contribution in [2.75, 3.05) is 10.0 Å². The Morgan fingerprint density at radius 1 is 0.971 bits per heavy atom. The second-order valence-corrected chi connectivity index (χ2v) is 10.0. The minimum atomic E-state index is -0.722. The summed E-state index contributed by atoms with van der Waals surface area (Å²) in [6.45, 7) is 3.71. The maximum Gasteiger partial charge on any atom is 0.208 e. The van der Waals surface area contributed by atoms with Crippen molar-refractivity contribution < 1.29 is 4.79 Å². The molecule has 5 nitrogen and oxygen atoms in total. The first-order chi connectivity index (χ1) is 16.5. The van der Waals surface area contributed by atoms with Crippen LogP contribution in [0.15, 0.2) is 89.1 Å². The predicted octanol–water partition coefficient (Wildman–Crippen LogP) is 6.72. The summed E-state index contributed by atoms with van der Waals surface area (Å²) in [7, 11) is 0. The number of anilines is 2. The van der Waals surface area contributed by atoms with E-state index in [0.29, 0.717) is 16.5 Å². The summed E-state index contributed by atoms with van der Waals surface area (Å²) < 4.78 is 0. The van der Waals surface area contributed by atoms with Gasteiger partial charge in [0.05, 0.1) is 17.1 Å². The van der Waals surface area contributed by atoms with Crippen molar-refractivity contribution in [3.8, 4) is 0 Å². The van der Waals surface area contributed by atoms with Crippen LogP contribution < -0.4 is 10.0 Å². The van der Waals surface area contributed by atoms with Crippen molar-refractivity contribution in [1.82, 2.24) is 0 Å². The van der Waals surface area contributed by atoms with Crippen LogP contribution in [0.1, 0.15) is 37.8 Å². The normalized spacial score (nSPS) is 19.9. The van der Waals surface area contributed by atoms with Gasteiger partial charge in [0.15, 0.2) is 10.8 Å². The van der Waals surface area contributed by atoms with Crippen LogP contribution in [0.25, 0.3) is 0 Å². The van der Waals surface area contributed by atoms with Crippen molar-refractivity contribution in [3.63, 3.8) is 0 Å². The highest BCUT2D eigenvalue weighted by molar-refractivity contribution is 8.17. The Morgan fingerprint density at radius 3 is 2.35 bits per heavy atom. The van der Waals surface area contributed by atoms with Crippen molar-refractivity contribution in [2.45, 2.75) is 38.1 Å². The number of hydrogen-bond acceptors (Lipinski definition) is 6. The predicted molar refractivity (Wildman–Crippen MR) is 143 cm³/mol. The molecule has 0 bridgehead atoms. The zero-order chi connectivity index (χ0) is 23.7. The molecule has 0 fully saturated rings. The Hall–Kier alpha value is -3.09. The quantitative estimate of drug-likeness (QED) is 0.400. The number of nitrogens with zero attached hydrogens (tertiary/aromatic N) is 4. The van der Waals surface area contributed by atoms with Crippen molar-refractivity contribution in [3.05, 3.63) is 95.0 Å². The van der Waals surface area contributed by atoms with Gasteiger partial charge < -0.3 is 0 Å². The van der Waals surface area contributed by atoms with Gasteiger partial charge in [-0.25, -0.2) is 10.0 Å². The first kappa shape index (κ1) is 22.7. The number of halogens is 1. The third-order valence-corrected chi connectivity index (χ3v) is 7.75. The highest BCUT2D eigenvalue weighted by Crippen LogP contribution is 2.50. The number of para-hydroxylation sites is 1. The zero-order valence-electron chi connectivity index (χ0n) is 19.1. The Bertz CT molecular complexity index is 1280. The standard InChI is InChI=1S/C27H25ClN4OS/c1-3-20-12-14-21(15-13-20)25-16-17-27(31(29-25)23-9-5-4-6-10-23)32(30-26(34-27)19(2)33)24-11-7-8-22(28)18-24/h4-15,18H,3,16-17H2,1-2H3/t27-/m0/s1. The van der Waals surface area contributed by atoms with Gasteiger partial charge in [0.2, 0.25) is 4.99 Å². The Kier molecular flexibility index (Phi) is 6.19. The van der Waals surface area contributed by atoms with E-state index in [1.807, 2.05) is 64.6 Å². The highest BCUT2D eigenvalue weighted by atomic mass is 35.5. The average molecular weight is 489 g/mol. The lowest BCUT2D eigenvalue weighted by Crippen LogP contribution is -2.56. The molecule has 2 heterocycles. The monoisotopic (exact) mass is 488 g/mol. The van der Waals surface area contributed by atoms with Gasteiger partial charge >= 0.3 is 0 Å². The molecule has 34 heavy (non-hydrogen) atoms. The van der Waals surface area contributed by atoms with E-state index in [2.05, 4.69) is 31.2 Å². The van der Waals surface area contributed by atoms with Gasteiger partial charge in [-0.1, -0.05) is 67.1 Å². The summed E-state index contributed by atoms with van der Waals surface area (Å²) in [6, 6.07) is 26.3. The SMILES string of the molecule is CCc1ccc(C2=NN(c3ccccc3)[C@]3(CC2)SC(C(C)=O)=NN3c2cccc(Cl)c2)cc1. The van der Waals surface area contributed by atoms with Crippen molar-refractivity contribution in [1.29, 1.82) is 0 Å². The molecule has 0 saturated heterocycles. The molecule has 0 aromatic heterocycles. The molecular formula is C27H25ClN4OS. The summed E-state index contributed by atoms with van der Waals surface area (Å²) in [5.41, 5.74) is 5.18. The molecule has 0 unspecified atom stereocenters. The van der Waals surface area contributed by atoms with Crippen LogP contribution in [0.5, 0.6) is 0 Å². The molecule has 3 aromatic carbocycles. The number of rotatable bonds is 5. The van der Waals surface area contributed by atoms with Gasteiger partial charge in [-0.3, -0.25) is 4.79 Å². The third-order valence-electron chi connectivity index (χ3n) is 6.07. The summed E-state index contributed by atoms with van der Waals surface area (Å²) in [4.78, 5) is 11.7. The molecule has 2 aliphatic heterocycles. The fraction of sp³-hybridized carbons (Fsp3) is 0.222. The number of carbonyl (C=O) groups is 1. The minimum absolute atomic E-state index is 0.0631. The van der Waals surface area contributed by atoms with Gasteiger partial charge in [0.25, 0.3) is 0 Å². The lowest BCUT2D eigenvalue weighted by atomic mass is 10.0. The van der Waals surface area contributed by atoms with Crippen LogP contribution in [-0.2, 0) is 11.2 Å². The topological polar surface area (TPSA) is 48.3 Å². The molecule has 5 rings (SSSR count). The molecular weight excluding hydrogens is 464 g/mol. The summed E-state index contributed by atoms with van der Waals surface area (Å²) in [6.07, 6.45) is 2.47. The fourth-order valence-electron chi connectivity index (χ4n) is 4.29. The molecule has 0 aliphatic carbocycles. The van der Waals surface area contributed by atoms with Crippen molar-refractivity contribution >= 4 is 51.3 Å². The molecule has 0 N–H and O–H groups in total. The molecule has 0 radical (unpaired) electrons. The van der Waals surface area contributed by atoms with E-state index < -0.39 is 4.99 Å². The molecule has 172 valence electrons. The van der Waals surface area contributed by atoms with Crippen molar-refractivity contribution in [2.24, 2.45) is 10.2 Å². The number of carbonyl (C=O) groups excluding carboxylic acids is 1. The number of Topliss-reactive ketones (excluding diaryl/α,β-unsaturated/α-hetero) is 1. The first-order valence-electron chi connectivity index (χ1n) is 11.4. The lowest BCUT2D eigenvalue weighted by molar-refractivity contribution is -0.110. The summed E-state index contributed by atoms with van der Waals surface area (Å²) in [5, 5.41) is 15.0. The molecule has 0 amide bonds. The van der Waals surface area contributed by atoms with E-state index in [0.717, 1.165) is 35.5 Å². The summed E-state index contributed by atoms with van der Waals surface area (Å²) in [5.74, 6) is -0.0631. The number of benzene rings is 3. The van der Waals surface area contributed by atoms with Crippen LogP contribution in [0.3, 0.4) is 0 Å². The van der Waals surface area contributed by atoms with E-state index in [-0.39, 0.29) is 5.78 Å². The van der Waals surface area contributed by atoms with E-state index in [1.165, 1.54) is 17.3 Å². The van der Waals surface area contributed by atoms with Gasteiger partial charge in [0.1, 0.15) is 0 Å². The van der Waals surface area contributed by atoms with Crippen LogP contribution in [-0.4, -0.2) is 21.5 Å². The van der Waals surface area contributed by atoms with Gasteiger partial charge in [-0.05, 0) is 66.1 Å². The Morgan fingerprint density at radius 2 is 1.68 bits per heavy atom. The zero-order valence-corrected chi connectivity index (χ0v) is 20.7. The van der Waals surface area contributed by atoms with E-state index in [1.54, 1.807) is 6.92 Å². The van der Waals surface area contributed by atoms with Gasteiger partial charge in [-0.15, -0.1) is 0 Å². The lowest BCUT2D eigenvalue weighted by Gasteiger charge is -2.46. The molecule has 0 saturated carbocycles. The second-order valence-electron chi connectivity index (χ2n) is 8.34. The minimum Gasteiger partial charge on any atom is -0.292 e. The van der Waals surface area contributed by atoms with Crippen LogP contribution in [0.4, 0.5) is 11.4 Å². The Balaban J connectivity index is 1.65. The maximum absolute atomic E-state index is 12.4. The van der Waals surface area contributed by atoms with Crippen LogP contribution in [0, 0.1) is 0 Å². The van der Waals surface area contributed by atoms with E-state index >= 15 is 0 Å². The molecule has 1 atom stereocenters.